The highest BCUT2D eigenvalue weighted by atomic mass is 19.4. The monoisotopic (exact) mass is 276 g/mol. The molecule has 1 heterocycles. The van der Waals surface area contributed by atoms with Crippen molar-refractivity contribution in [2.75, 3.05) is 0 Å². The average molecular weight is 276 g/mol. The molecule has 0 aliphatic carbocycles. The molecule has 0 saturated carbocycles. The highest BCUT2D eigenvalue weighted by Gasteiger charge is 2.39. The number of hydrogen-bond donors (Lipinski definition) is 1. The van der Waals surface area contributed by atoms with E-state index in [1.807, 2.05) is 0 Å². The Kier molecular flexibility index (Phi) is 3.49. The van der Waals surface area contributed by atoms with Crippen molar-refractivity contribution in [3.05, 3.63) is 29.8 Å². The van der Waals surface area contributed by atoms with Gasteiger partial charge in [0.1, 0.15) is 11.6 Å². The van der Waals surface area contributed by atoms with Crippen molar-refractivity contribution < 1.29 is 22.7 Å². The first-order valence-corrected chi connectivity index (χ1v) is 5.72. The highest BCUT2D eigenvalue weighted by molar-refractivity contribution is 5.76. The molecule has 1 aromatic heterocycles. The van der Waals surface area contributed by atoms with Crippen molar-refractivity contribution in [3.8, 4) is 0 Å². The maximum absolute atomic E-state index is 13.1. The highest BCUT2D eigenvalue weighted by Crippen LogP contribution is 2.25. The maximum Gasteiger partial charge on any atom is 0.414 e. The van der Waals surface area contributed by atoms with Crippen LogP contribution in [0.15, 0.2) is 18.2 Å². The fraction of sp³-hybridized carbons (Fsp3) is 0.417. The van der Waals surface area contributed by atoms with Gasteiger partial charge in [-0.3, -0.25) is 0 Å². The molecule has 0 amide bonds. The number of nitrogens with zero attached hydrogens (tertiary/aromatic N) is 2. The Morgan fingerprint density at radius 2 is 2.05 bits per heavy atom. The van der Waals surface area contributed by atoms with Gasteiger partial charge in [0.2, 0.25) is 0 Å². The van der Waals surface area contributed by atoms with E-state index in [0.717, 1.165) is 0 Å². The summed E-state index contributed by atoms with van der Waals surface area (Å²) in [7, 11) is 0. The van der Waals surface area contributed by atoms with Crippen LogP contribution in [0.2, 0.25) is 0 Å². The third-order valence-electron chi connectivity index (χ3n) is 2.86. The number of halogens is 4. The molecule has 19 heavy (non-hydrogen) atoms. The number of aryl methyl sites for hydroxylation is 1. The van der Waals surface area contributed by atoms with E-state index >= 15 is 0 Å². The molecule has 2 aromatic rings. The Labute approximate surface area is 106 Å². The van der Waals surface area contributed by atoms with E-state index in [1.54, 1.807) is 6.92 Å². The van der Waals surface area contributed by atoms with E-state index in [-0.39, 0.29) is 5.82 Å². The molecule has 0 fully saturated rings. The third-order valence-corrected chi connectivity index (χ3v) is 2.86. The number of rotatable bonds is 3. The van der Waals surface area contributed by atoms with Crippen LogP contribution in [0.1, 0.15) is 12.7 Å². The molecule has 1 atom stereocenters. The summed E-state index contributed by atoms with van der Waals surface area (Å²) in [4.78, 5) is 4.01. The van der Waals surface area contributed by atoms with Crippen LogP contribution in [0, 0.1) is 5.82 Å². The van der Waals surface area contributed by atoms with Gasteiger partial charge in [0.15, 0.2) is 6.10 Å². The molecule has 104 valence electrons. The van der Waals surface area contributed by atoms with Gasteiger partial charge in [0, 0.05) is 13.0 Å². The summed E-state index contributed by atoms with van der Waals surface area (Å²) < 4.78 is 51.6. The minimum atomic E-state index is -4.69. The molecule has 0 saturated heterocycles. The predicted molar refractivity (Wildman–Crippen MR) is 61.1 cm³/mol. The minimum absolute atomic E-state index is 0.0907. The quantitative estimate of drug-likeness (QED) is 0.875. The van der Waals surface area contributed by atoms with Gasteiger partial charge in [0.05, 0.1) is 11.0 Å². The van der Waals surface area contributed by atoms with Crippen LogP contribution in [0.25, 0.3) is 11.0 Å². The first-order chi connectivity index (χ1) is 8.82. The van der Waals surface area contributed by atoms with Gasteiger partial charge in [-0.1, -0.05) is 0 Å². The van der Waals surface area contributed by atoms with E-state index < -0.39 is 24.5 Å². The lowest BCUT2D eigenvalue weighted by atomic mass is 10.2. The molecule has 0 bridgehead atoms. The second-order valence-corrected chi connectivity index (χ2v) is 4.17. The summed E-state index contributed by atoms with van der Waals surface area (Å²) in [5.41, 5.74) is 0.833. The molecule has 7 heteroatoms. The standard InChI is InChI=1S/C12H12F4N2O/c1-2-18-9-5-7(13)3-4-8(9)17-11(18)6-10(19)12(14,15)16/h3-5,10,19H,2,6H2,1H3. The van der Waals surface area contributed by atoms with Gasteiger partial charge in [0.25, 0.3) is 0 Å². The van der Waals surface area contributed by atoms with Crippen LogP contribution >= 0.6 is 0 Å². The largest absolute Gasteiger partial charge is 0.414 e. The van der Waals surface area contributed by atoms with Gasteiger partial charge in [-0.05, 0) is 25.1 Å². The van der Waals surface area contributed by atoms with E-state index in [9.17, 15) is 17.6 Å². The molecule has 1 aromatic carbocycles. The lowest BCUT2D eigenvalue weighted by molar-refractivity contribution is -0.203. The summed E-state index contributed by atoms with van der Waals surface area (Å²) >= 11 is 0. The van der Waals surface area contributed by atoms with Gasteiger partial charge in [-0.15, -0.1) is 0 Å². The van der Waals surface area contributed by atoms with E-state index in [1.165, 1.54) is 22.8 Å². The summed E-state index contributed by atoms with van der Waals surface area (Å²) in [6, 6.07) is 3.81. The van der Waals surface area contributed by atoms with Crippen LogP contribution in [0.5, 0.6) is 0 Å². The fourth-order valence-electron chi connectivity index (χ4n) is 1.94. The summed E-state index contributed by atoms with van der Waals surface area (Å²) in [6.45, 7) is 2.06. The number of hydrogen-bond acceptors (Lipinski definition) is 2. The summed E-state index contributed by atoms with van der Waals surface area (Å²) in [5, 5.41) is 9.09. The van der Waals surface area contributed by atoms with Crippen LogP contribution in [-0.2, 0) is 13.0 Å². The predicted octanol–water partition coefficient (Wildman–Crippen LogP) is 2.66. The maximum atomic E-state index is 13.1. The second-order valence-electron chi connectivity index (χ2n) is 4.17. The van der Waals surface area contributed by atoms with Gasteiger partial charge < -0.3 is 9.67 Å². The lowest BCUT2D eigenvalue weighted by Crippen LogP contribution is -2.31. The van der Waals surface area contributed by atoms with Crippen molar-refractivity contribution >= 4 is 11.0 Å². The smallest absolute Gasteiger partial charge is 0.383 e. The van der Waals surface area contributed by atoms with Crippen molar-refractivity contribution in [3.63, 3.8) is 0 Å². The van der Waals surface area contributed by atoms with Crippen LogP contribution in [0.4, 0.5) is 17.6 Å². The average Bonchev–Trinajstić information content (AvgIpc) is 2.64. The molecule has 1 unspecified atom stereocenters. The van der Waals surface area contributed by atoms with Crippen molar-refractivity contribution in [2.24, 2.45) is 0 Å². The molecule has 3 nitrogen and oxygen atoms in total. The molecule has 0 radical (unpaired) electrons. The van der Waals surface area contributed by atoms with Gasteiger partial charge in [-0.25, -0.2) is 9.37 Å². The molecular formula is C12H12F4N2O. The molecule has 0 aliphatic rings. The normalized spacial score (nSPS) is 14.0. The van der Waals surface area contributed by atoms with Crippen LogP contribution in [0.3, 0.4) is 0 Å². The zero-order valence-electron chi connectivity index (χ0n) is 10.1. The van der Waals surface area contributed by atoms with E-state index in [2.05, 4.69) is 4.98 Å². The molecule has 2 rings (SSSR count). The second kappa shape index (κ2) is 4.80. The zero-order chi connectivity index (χ0) is 14.2. The van der Waals surface area contributed by atoms with E-state index in [4.69, 9.17) is 5.11 Å². The minimum Gasteiger partial charge on any atom is -0.383 e. The zero-order valence-corrected chi connectivity index (χ0v) is 10.1. The van der Waals surface area contributed by atoms with Gasteiger partial charge in [-0.2, -0.15) is 13.2 Å². The lowest BCUT2D eigenvalue weighted by Gasteiger charge is -2.14. The number of imidazole rings is 1. The number of aliphatic hydroxyl groups is 1. The Morgan fingerprint density at radius 1 is 1.37 bits per heavy atom. The van der Waals surface area contributed by atoms with Crippen molar-refractivity contribution in [1.82, 2.24) is 9.55 Å². The molecule has 1 N–H and O–H groups in total. The Morgan fingerprint density at radius 3 is 2.63 bits per heavy atom. The number of fused-ring (bicyclic) bond motifs is 1. The van der Waals surface area contributed by atoms with Crippen LogP contribution in [-0.4, -0.2) is 26.9 Å². The Hall–Kier alpha value is -1.63. The first-order valence-electron chi connectivity index (χ1n) is 5.72. The third kappa shape index (κ3) is 2.70. The van der Waals surface area contributed by atoms with Crippen molar-refractivity contribution in [1.29, 1.82) is 0 Å². The summed E-state index contributed by atoms with van der Waals surface area (Å²) in [6.07, 6.45) is -7.81. The van der Waals surface area contributed by atoms with Crippen LogP contribution < -0.4 is 0 Å². The molecule has 0 aliphatic heterocycles. The molecular weight excluding hydrogens is 264 g/mol. The van der Waals surface area contributed by atoms with E-state index in [0.29, 0.717) is 17.6 Å². The SMILES string of the molecule is CCn1c(CC(O)C(F)(F)F)nc2ccc(F)cc21. The number of benzene rings is 1. The van der Waals surface area contributed by atoms with Crippen molar-refractivity contribution in [2.45, 2.75) is 32.2 Å². The topological polar surface area (TPSA) is 38.0 Å². The Balaban J connectivity index is 2.43. The molecule has 0 spiro atoms. The fourth-order valence-corrected chi connectivity index (χ4v) is 1.94. The van der Waals surface area contributed by atoms with Gasteiger partial charge >= 0.3 is 6.18 Å². The Bertz CT molecular complexity index is 591. The number of aliphatic hydroxyl groups excluding tert-OH is 1. The number of aromatic nitrogens is 2. The summed E-state index contributed by atoms with van der Waals surface area (Å²) in [5.74, 6) is -0.391. The number of alkyl halides is 3. The first kappa shape index (κ1) is 13.8.